The summed E-state index contributed by atoms with van der Waals surface area (Å²) in [6.07, 6.45) is 9.43. The zero-order chi connectivity index (χ0) is 13.1. The van der Waals surface area contributed by atoms with E-state index in [1.807, 2.05) is 4.90 Å². The van der Waals surface area contributed by atoms with Gasteiger partial charge in [-0.05, 0) is 18.9 Å². The molecular weight excluding hydrogens is 240 g/mol. The first-order valence-corrected chi connectivity index (χ1v) is 6.70. The Balaban J connectivity index is 1.88. The van der Waals surface area contributed by atoms with E-state index in [2.05, 4.69) is 15.0 Å². The van der Waals surface area contributed by atoms with Gasteiger partial charge < -0.3 is 4.90 Å². The van der Waals surface area contributed by atoms with E-state index in [0.717, 1.165) is 25.9 Å². The number of carbonyl (C=O) groups is 1. The van der Waals surface area contributed by atoms with E-state index in [9.17, 15) is 4.79 Å². The monoisotopic (exact) mass is 256 g/mol. The van der Waals surface area contributed by atoms with Gasteiger partial charge >= 0.3 is 0 Å². The van der Waals surface area contributed by atoms with Crippen molar-refractivity contribution in [3.05, 3.63) is 30.2 Å². The molecule has 0 saturated carbocycles. The summed E-state index contributed by atoms with van der Waals surface area (Å²) in [6.45, 7) is 1.69. The Kier molecular flexibility index (Phi) is 3.35. The molecule has 0 unspecified atom stereocenters. The van der Waals surface area contributed by atoms with Crippen LogP contribution >= 0.6 is 0 Å². The second kappa shape index (κ2) is 5.30. The number of nitrogens with zero attached hydrogens (tertiary/aromatic N) is 4. The summed E-state index contributed by atoms with van der Waals surface area (Å²) in [5.74, 6) is 0.0574. The molecule has 19 heavy (non-hydrogen) atoms. The van der Waals surface area contributed by atoms with Crippen molar-refractivity contribution in [2.75, 3.05) is 13.1 Å². The van der Waals surface area contributed by atoms with Crippen molar-refractivity contribution in [1.82, 2.24) is 19.9 Å². The highest BCUT2D eigenvalue weighted by Gasteiger charge is 2.18. The molecule has 1 amide bonds. The van der Waals surface area contributed by atoms with Gasteiger partial charge in [-0.15, -0.1) is 0 Å². The Bertz CT molecular complexity index is 591. The van der Waals surface area contributed by atoms with Gasteiger partial charge in [0.1, 0.15) is 5.52 Å². The zero-order valence-electron chi connectivity index (χ0n) is 10.7. The second-order valence-corrected chi connectivity index (χ2v) is 4.83. The largest absolute Gasteiger partial charge is 0.339 e. The minimum absolute atomic E-state index is 0.0574. The van der Waals surface area contributed by atoms with Crippen LogP contribution in [0, 0.1) is 0 Å². The number of fused-ring (bicyclic) bond motifs is 1. The molecule has 5 nitrogen and oxygen atoms in total. The van der Waals surface area contributed by atoms with Gasteiger partial charge in [0.05, 0.1) is 5.56 Å². The maximum atomic E-state index is 12.4. The number of hydrogen-bond acceptors (Lipinski definition) is 4. The number of rotatable bonds is 1. The molecule has 1 saturated heterocycles. The third-order valence-corrected chi connectivity index (χ3v) is 3.46. The molecule has 2 aromatic rings. The Morgan fingerprint density at radius 2 is 1.74 bits per heavy atom. The Labute approximate surface area is 111 Å². The molecule has 3 heterocycles. The topological polar surface area (TPSA) is 59.0 Å². The van der Waals surface area contributed by atoms with Crippen LogP contribution in [0.1, 0.15) is 36.0 Å². The molecule has 1 aliphatic heterocycles. The average Bonchev–Trinajstić information content (AvgIpc) is 2.75. The van der Waals surface area contributed by atoms with Crippen LogP contribution in [-0.2, 0) is 0 Å². The molecule has 0 atom stereocenters. The minimum Gasteiger partial charge on any atom is -0.339 e. The van der Waals surface area contributed by atoms with Gasteiger partial charge in [0, 0.05) is 31.7 Å². The lowest BCUT2D eigenvalue weighted by molar-refractivity contribution is 0.0761. The van der Waals surface area contributed by atoms with Crippen molar-refractivity contribution in [1.29, 1.82) is 0 Å². The van der Waals surface area contributed by atoms with E-state index in [0.29, 0.717) is 16.7 Å². The van der Waals surface area contributed by atoms with Crippen molar-refractivity contribution in [2.45, 2.75) is 25.7 Å². The molecule has 0 spiro atoms. The van der Waals surface area contributed by atoms with Crippen molar-refractivity contribution >= 4 is 17.1 Å². The van der Waals surface area contributed by atoms with Gasteiger partial charge in [0.15, 0.2) is 5.65 Å². The first-order valence-electron chi connectivity index (χ1n) is 6.70. The van der Waals surface area contributed by atoms with Crippen LogP contribution in [0.3, 0.4) is 0 Å². The second-order valence-electron chi connectivity index (χ2n) is 4.83. The van der Waals surface area contributed by atoms with Gasteiger partial charge in [0.2, 0.25) is 0 Å². The highest BCUT2D eigenvalue weighted by Crippen LogP contribution is 2.14. The molecule has 0 radical (unpaired) electrons. The smallest absolute Gasteiger partial charge is 0.255 e. The third-order valence-electron chi connectivity index (χ3n) is 3.46. The van der Waals surface area contributed by atoms with E-state index >= 15 is 0 Å². The lowest BCUT2D eigenvalue weighted by atomic mass is 10.2. The number of hydrogen-bond donors (Lipinski definition) is 0. The van der Waals surface area contributed by atoms with E-state index in [-0.39, 0.29) is 5.91 Å². The summed E-state index contributed by atoms with van der Waals surface area (Å²) in [5.41, 5.74) is 1.85. The van der Waals surface area contributed by atoms with Crippen LogP contribution < -0.4 is 0 Å². The van der Waals surface area contributed by atoms with Crippen molar-refractivity contribution in [3.8, 4) is 0 Å². The number of pyridine rings is 1. The van der Waals surface area contributed by atoms with Gasteiger partial charge in [-0.1, -0.05) is 12.8 Å². The van der Waals surface area contributed by atoms with E-state index in [1.54, 1.807) is 24.7 Å². The molecule has 0 aromatic carbocycles. The summed E-state index contributed by atoms with van der Waals surface area (Å²) in [6, 6.07) is 1.78. The number of carbonyl (C=O) groups excluding carboxylic acids is 1. The fourth-order valence-corrected chi connectivity index (χ4v) is 2.43. The third kappa shape index (κ3) is 2.54. The van der Waals surface area contributed by atoms with Gasteiger partial charge in [-0.2, -0.15) is 0 Å². The summed E-state index contributed by atoms with van der Waals surface area (Å²) >= 11 is 0. The molecule has 2 aromatic heterocycles. The first-order chi connectivity index (χ1) is 9.34. The van der Waals surface area contributed by atoms with Gasteiger partial charge in [0.25, 0.3) is 5.91 Å². The summed E-state index contributed by atoms with van der Waals surface area (Å²) in [7, 11) is 0. The maximum absolute atomic E-state index is 12.4. The standard InChI is InChI=1S/C14H16N4O/c19-14(18-7-3-1-2-4-8-18)11-9-12-13(17-10-11)16-6-5-15-12/h5-6,9-10H,1-4,7-8H2. The minimum atomic E-state index is 0.0574. The lowest BCUT2D eigenvalue weighted by Gasteiger charge is -2.20. The summed E-state index contributed by atoms with van der Waals surface area (Å²) < 4.78 is 0. The fourth-order valence-electron chi connectivity index (χ4n) is 2.43. The van der Waals surface area contributed by atoms with E-state index < -0.39 is 0 Å². The molecule has 5 heteroatoms. The first kappa shape index (κ1) is 12.0. The predicted molar refractivity (Wildman–Crippen MR) is 71.7 cm³/mol. The van der Waals surface area contributed by atoms with Crippen molar-refractivity contribution < 1.29 is 4.79 Å². The number of amides is 1. The fraction of sp³-hybridized carbons (Fsp3) is 0.429. The van der Waals surface area contributed by atoms with Crippen LogP contribution in [0.25, 0.3) is 11.2 Å². The van der Waals surface area contributed by atoms with Gasteiger partial charge in [-0.25, -0.2) is 9.97 Å². The summed E-state index contributed by atoms with van der Waals surface area (Å²) in [4.78, 5) is 26.9. The quantitative estimate of drug-likeness (QED) is 0.783. The summed E-state index contributed by atoms with van der Waals surface area (Å²) in [5, 5.41) is 0. The molecular formula is C14H16N4O. The van der Waals surface area contributed by atoms with Gasteiger partial charge in [-0.3, -0.25) is 9.78 Å². The highest BCUT2D eigenvalue weighted by molar-refractivity contribution is 5.96. The van der Waals surface area contributed by atoms with Crippen LogP contribution in [0.2, 0.25) is 0 Å². The maximum Gasteiger partial charge on any atom is 0.255 e. The van der Waals surface area contributed by atoms with Crippen molar-refractivity contribution in [3.63, 3.8) is 0 Å². The van der Waals surface area contributed by atoms with Crippen LogP contribution in [-0.4, -0.2) is 38.8 Å². The van der Waals surface area contributed by atoms with Crippen molar-refractivity contribution in [2.24, 2.45) is 0 Å². The molecule has 1 aliphatic rings. The number of aromatic nitrogens is 3. The Morgan fingerprint density at radius 3 is 2.53 bits per heavy atom. The Hall–Kier alpha value is -2.04. The molecule has 3 rings (SSSR count). The predicted octanol–water partition coefficient (Wildman–Crippen LogP) is 2.04. The molecule has 0 aliphatic carbocycles. The van der Waals surface area contributed by atoms with Crippen LogP contribution in [0.15, 0.2) is 24.7 Å². The molecule has 1 fully saturated rings. The van der Waals surface area contributed by atoms with Crippen LogP contribution in [0.4, 0.5) is 0 Å². The Morgan fingerprint density at radius 1 is 1.00 bits per heavy atom. The zero-order valence-corrected chi connectivity index (χ0v) is 10.7. The van der Waals surface area contributed by atoms with E-state index in [1.165, 1.54) is 12.8 Å². The van der Waals surface area contributed by atoms with Crippen LogP contribution in [0.5, 0.6) is 0 Å². The molecule has 0 bridgehead atoms. The molecule has 0 N–H and O–H groups in total. The SMILES string of the molecule is O=C(c1cnc2nccnc2c1)N1CCCCCC1. The highest BCUT2D eigenvalue weighted by atomic mass is 16.2. The lowest BCUT2D eigenvalue weighted by Crippen LogP contribution is -2.31. The normalized spacial score (nSPS) is 16.3. The molecule has 98 valence electrons. The average molecular weight is 256 g/mol. The van der Waals surface area contributed by atoms with E-state index in [4.69, 9.17) is 0 Å². The number of likely N-dealkylation sites (tertiary alicyclic amines) is 1.